The van der Waals surface area contributed by atoms with Gasteiger partial charge in [0, 0.05) is 21.3 Å². The summed E-state index contributed by atoms with van der Waals surface area (Å²) < 4.78 is 18.3. The second-order valence-corrected chi connectivity index (χ2v) is 12.1. The van der Waals surface area contributed by atoms with Crippen LogP contribution in [0.1, 0.15) is 83.6 Å². The molecule has 1 aliphatic heterocycles. The Bertz CT molecular complexity index is 518. The lowest BCUT2D eigenvalue weighted by Gasteiger charge is -2.52. The second kappa shape index (κ2) is 14.3. The number of methoxy groups -OCH3 is 1. The zero-order chi connectivity index (χ0) is 21.6. The van der Waals surface area contributed by atoms with E-state index in [9.17, 15) is 0 Å². The molecule has 2 rings (SSSR count). The molecule has 3 nitrogen and oxygen atoms in total. The molecule has 1 aliphatic rings. The average Bonchev–Trinajstić information content (AvgIpc) is 2.75. The normalized spacial score (nSPS) is 23.3. The third-order valence-electron chi connectivity index (χ3n) is 6.60. The first-order valence-electron chi connectivity index (χ1n) is 11.7. The Balaban J connectivity index is 0.000000502. The minimum Gasteiger partial charge on any atom is -0.396 e. The first-order chi connectivity index (χ1) is 14.1. The maximum Gasteiger partial charge on any atom is 0.371 e. The van der Waals surface area contributed by atoms with Crippen LogP contribution in [-0.2, 0) is 13.6 Å². The Kier molecular flexibility index (Phi) is 13.0. The maximum atomic E-state index is 6.22. The maximum absolute atomic E-state index is 6.22. The van der Waals surface area contributed by atoms with E-state index in [4.69, 9.17) is 13.6 Å². The molecule has 4 heteroatoms. The van der Waals surface area contributed by atoms with E-state index >= 15 is 0 Å². The Morgan fingerprint density at radius 3 is 2.07 bits per heavy atom. The van der Waals surface area contributed by atoms with E-state index in [2.05, 4.69) is 32.9 Å². The predicted molar refractivity (Wildman–Crippen MR) is 127 cm³/mol. The SMILES string of the molecule is CCCCCCCC1CCC[Si](OC)(OC)C1(CCC)OC.Cc1ccccc1. The van der Waals surface area contributed by atoms with Crippen molar-refractivity contribution in [3.05, 3.63) is 35.9 Å². The van der Waals surface area contributed by atoms with Crippen molar-refractivity contribution in [2.75, 3.05) is 21.3 Å². The molecule has 0 saturated carbocycles. The van der Waals surface area contributed by atoms with Gasteiger partial charge in [0.25, 0.3) is 0 Å². The van der Waals surface area contributed by atoms with E-state index in [0.717, 1.165) is 18.9 Å². The highest BCUT2D eigenvalue weighted by atomic mass is 28.4. The molecule has 2 atom stereocenters. The van der Waals surface area contributed by atoms with Gasteiger partial charge >= 0.3 is 8.56 Å². The zero-order valence-electron chi connectivity index (χ0n) is 20.0. The molecular weight excluding hydrogens is 376 g/mol. The van der Waals surface area contributed by atoms with Crippen LogP contribution in [-0.4, -0.2) is 35.1 Å². The quantitative estimate of drug-likeness (QED) is 0.278. The highest BCUT2D eigenvalue weighted by molar-refractivity contribution is 6.70. The topological polar surface area (TPSA) is 27.7 Å². The van der Waals surface area contributed by atoms with Crippen LogP contribution in [0.2, 0.25) is 6.04 Å². The van der Waals surface area contributed by atoms with Crippen molar-refractivity contribution in [2.45, 2.75) is 96.2 Å². The van der Waals surface area contributed by atoms with E-state index in [1.165, 1.54) is 56.9 Å². The largest absolute Gasteiger partial charge is 0.396 e. The molecule has 0 spiro atoms. The molecule has 0 amide bonds. The van der Waals surface area contributed by atoms with Gasteiger partial charge in [0.15, 0.2) is 0 Å². The van der Waals surface area contributed by atoms with Crippen LogP contribution in [0.25, 0.3) is 0 Å². The molecule has 168 valence electrons. The summed E-state index contributed by atoms with van der Waals surface area (Å²) in [7, 11) is 3.26. The van der Waals surface area contributed by atoms with Crippen molar-refractivity contribution in [2.24, 2.45) is 5.92 Å². The van der Waals surface area contributed by atoms with Gasteiger partial charge in [0.05, 0.1) is 0 Å². The summed E-state index contributed by atoms with van der Waals surface area (Å²) in [6.45, 7) is 6.60. The number of benzene rings is 1. The van der Waals surface area contributed by atoms with Gasteiger partial charge in [-0.1, -0.05) is 94.7 Å². The first-order valence-corrected chi connectivity index (χ1v) is 13.7. The minimum atomic E-state index is -2.29. The molecule has 1 aromatic carbocycles. The third kappa shape index (κ3) is 7.20. The summed E-state index contributed by atoms with van der Waals surface area (Å²) in [6.07, 6.45) is 12.7. The number of hydrogen-bond acceptors (Lipinski definition) is 3. The van der Waals surface area contributed by atoms with Crippen LogP contribution in [0, 0.1) is 12.8 Å². The first kappa shape index (κ1) is 26.4. The standard InChI is InChI=1S/C18H38O3Si.C7H8/c1-6-8-9-10-11-13-17-14-12-16-22(20-4,21-5)18(17,19-3)15-7-2;1-7-5-3-2-4-6-7/h17H,6-16H2,1-5H3;2-6H,1H3. The van der Waals surface area contributed by atoms with Crippen LogP contribution in [0.4, 0.5) is 0 Å². The molecule has 0 radical (unpaired) electrons. The van der Waals surface area contributed by atoms with Crippen LogP contribution >= 0.6 is 0 Å². The molecule has 1 saturated heterocycles. The minimum absolute atomic E-state index is 0.158. The average molecular weight is 423 g/mol. The fourth-order valence-electron chi connectivity index (χ4n) is 5.07. The Labute approximate surface area is 181 Å². The fourth-order valence-corrected chi connectivity index (χ4v) is 9.28. The van der Waals surface area contributed by atoms with Crippen molar-refractivity contribution < 1.29 is 13.6 Å². The summed E-state index contributed by atoms with van der Waals surface area (Å²) in [4.78, 5) is 0. The van der Waals surface area contributed by atoms with Gasteiger partial charge in [-0.25, -0.2) is 0 Å². The molecule has 0 aromatic heterocycles. The van der Waals surface area contributed by atoms with Gasteiger partial charge in [-0.3, -0.25) is 0 Å². The summed E-state index contributed by atoms with van der Waals surface area (Å²) in [5.41, 5.74) is 1.32. The highest BCUT2D eigenvalue weighted by Gasteiger charge is 2.62. The summed E-state index contributed by atoms with van der Waals surface area (Å²) >= 11 is 0. The van der Waals surface area contributed by atoms with Crippen LogP contribution < -0.4 is 0 Å². The smallest absolute Gasteiger partial charge is 0.371 e. The Hall–Kier alpha value is -0.683. The lowest BCUT2D eigenvalue weighted by atomic mass is 9.87. The van der Waals surface area contributed by atoms with Crippen LogP contribution in [0.5, 0.6) is 0 Å². The molecule has 0 bridgehead atoms. The number of hydrogen-bond donors (Lipinski definition) is 0. The molecule has 2 unspecified atom stereocenters. The van der Waals surface area contributed by atoms with E-state index in [-0.39, 0.29) is 5.22 Å². The lowest BCUT2D eigenvalue weighted by molar-refractivity contribution is -0.0567. The van der Waals surface area contributed by atoms with E-state index in [0.29, 0.717) is 5.92 Å². The van der Waals surface area contributed by atoms with Gasteiger partial charge in [-0.15, -0.1) is 0 Å². The highest BCUT2D eigenvalue weighted by Crippen LogP contribution is 2.48. The molecule has 1 heterocycles. The Morgan fingerprint density at radius 1 is 0.931 bits per heavy atom. The van der Waals surface area contributed by atoms with Gasteiger partial charge in [-0.05, 0) is 38.1 Å². The number of aryl methyl sites for hydroxylation is 1. The number of ether oxygens (including phenoxy) is 1. The molecular formula is C25H46O3Si. The van der Waals surface area contributed by atoms with Gasteiger partial charge in [0.2, 0.25) is 0 Å². The van der Waals surface area contributed by atoms with E-state index < -0.39 is 8.56 Å². The van der Waals surface area contributed by atoms with Crippen LogP contribution in [0.3, 0.4) is 0 Å². The van der Waals surface area contributed by atoms with Gasteiger partial charge < -0.3 is 13.6 Å². The third-order valence-corrected chi connectivity index (χ3v) is 11.1. The predicted octanol–water partition coefficient (Wildman–Crippen LogP) is 7.21. The molecule has 29 heavy (non-hydrogen) atoms. The Morgan fingerprint density at radius 2 is 1.59 bits per heavy atom. The molecule has 0 aliphatic carbocycles. The van der Waals surface area contributed by atoms with Crippen molar-refractivity contribution in [1.29, 1.82) is 0 Å². The number of unbranched alkanes of at least 4 members (excludes halogenated alkanes) is 4. The molecule has 1 fully saturated rings. The lowest BCUT2D eigenvalue weighted by Crippen LogP contribution is -2.68. The summed E-state index contributed by atoms with van der Waals surface area (Å²) in [5, 5.41) is -0.158. The van der Waals surface area contributed by atoms with Crippen molar-refractivity contribution in [3.63, 3.8) is 0 Å². The number of rotatable bonds is 11. The fraction of sp³-hybridized carbons (Fsp3) is 0.760. The van der Waals surface area contributed by atoms with Crippen molar-refractivity contribution in [1.82, 2.24) is 0 Å². The second-order valence-electron chi connectivity index (χ2n) is 8.45. The summed E-state index contributed by atoms with van der Waals surface area (Å²) in [5.74, 6) is 0.597. The van der Waals surface area contributed by atoms with Crippen LogP contribution in [0.15, 0.2) is 30.3 Å². The van der Waals surface area contributed by atoms with E-state index in [1.807, 2.05) is 39.5 Å². The van der Waals surface area contributed by atoms with Crippen molar-refractivity contribution in [3.8, 4) is 0 Å². The zero-order valence-corrected chi connectivity index (χ0v) is 21.0. The van der Waals surface area contributed by atoms with E-state index in [1.54, 1.807) is 0 Å². The monoisotopic (exact) mass is 422 g/mol. The summed E-state index contributed by atoms with van der Waals surface area (Å²) in [6, 6.07) is 11.3. The van der Waals surface area contributed by atoms with Gasteiger partial charge in [0.1, 0.15) is 5.22 Å². The van der Waals surface area contributed by atoms with Crippen molar-refractivity contribution >= 4 is 8.56 Å². The molecule has 0 N–H and O–H groups in total. The molecule has 1 aromatic rings. The van der Waals surface area contributed by atoms with Gasteiger partial charge in [-0.2, -0.15) is 0 Å².